The Morgan fingerprint density at radius 2 is 1.36 bits per heavy atom. The molecule has 2 heteroatoms. The van der Waals surface area contributed by atoms with Crippen LogP contribution in [0, 0.1) is 17.8 Å². The summed E-state index contributed by atoms with van der Waals surface area (Å²) in [4.78, 5) is 0. The smallest absolute Gasteiger partial charge is 0.00487 e. The summed E-state index contributed by atoms with van der Waals surface area (Å²) in [6.07, 6.45) is 1.19. The van der Waals surface area contributed by atoms with Gasteiger partial charge in [-0.3, -0.25) is 0 Å². The van der Waals surface area contributed by atoms with Crippen LogP contribution in [0.5, 0.6) is 0 Å². The first-order chi connectivity index (χ1) is 5.17. The average Bonchev–Trinajstić information content (AvgIpc) is 2.05. The van der Waals surface area contributed by atoms with Crippen molar-refractivity contribution in [3.8, 4) is 0 Å². The van der Waals surface area contributed by atoms with Crippen molar-refractivity contribution in [2.45, 2.75) is 27.2 Å². The Morgan fingerprint density at radius 1 is 1.00 bits per heavy atom. The van der Waals surface area contributed by atoms with Gasteiger partial charge in [0, 0.05) is 0 Å². The summed E-state index contributed by atoms with van der Waals surface area (Å²) in [5, 5.41) is 0. The highest BCUT2D eigenvalue weighted by molar-refractivity contribution is 4.71. The molecule has 11 heavy (non-hydrogen) atoms. The predicted molar refractivity (Wildman–Crippen MR) is 50.2 cm³/mol. The lowest BCUT2D eigenvalue weighted by molar-refractivity contribution is 0.257. The number of hydrogen-bond donors (Lipinski definition) is 2. The van der Waals surface area contributed by atoms with Crippen molar-refractivity contribution in [3.05, 3.63) is 0 Å². The van der Waals surface area contributed by atoms with Crippen LogP contribution in [0.4, 0.5) is 0 Å². The molecular formula is C9H22N2. The standard InChI is InChI=1S/C9H22N2/c1-4-9(7(2)5-10)8(3)6-11/h7-9H,4-6,10-11H2,1-3H3. The lowest BCUT2D eigenvalue weighted by Crippen LogP contribution is -2.29. The van der Waals surface area contributed by atoms with Crippen LogP contribution in [0.3, 0.4) is 0 Å². The van der Waals surface area contributed by atoms with E-state index >= 15 is 0 Å². The monoisotopic (exact) mass is 158 g/mol. The van der Waals surface area contributed by atoms with Gasteiger partial charge in [0.2, 0.25) is 0 Å². The summed E-state index contributed by atoms with van der Waals surface area (Å²) in [5.74, 6) is 1.92. The molecule has 4 N–H and O–H groups in total. The van der Waals surface area contributed by atoms with Crippen molar-refractivity contribution >= 4 is 0 Å². The minimum Gasteiger partial charge on any atom is -0.330 e. The first-order valence-corrected chi connectivity index (χ1v) is 4.57. The Bertz CT molecular complexity index is 83.6. The van der Waals surface area contributed by atoms with Crippen LogP contribution in [-0.4, -0.2) is 13.1 Å². The van der Waals surface area contributed by atoms with Crippen molar-refractivity contribution in [2.24, 2.45) is 29.2 Å². The maximum Gasteiger partial charge on any atom is -0.00487 e. The van der Waals surface area contributed by atoms with E-state index in [0.29, 0.717) is 17.8 Å². The van der Waals surface area contributed by atoms with E-state index < -0.39 is 0 Å². The summed E-state index contributed by atoms with van der Waals surface area (Å²) in [6.45, 7) is 8.19. The van der Waals surface area contributed by atoms with E-state index in [1.165, 1.54) is 6.42 Å². The van der Waals surface area contributed by atoms with Gasteiger partial charge in [-0.05, 0) is 30.8 Å². The highest BCUT2D eigenvalue weighted by Crippen LogP contribution is 2.22. The lowest BCUT2D eigenvalue weighted by Gasteiger charge is -2.26. The molecule has 2 unspecified atom stereocenters. The highest BCUT2D eigenvalue weighted by Gasteiger charge is 2.19. The molecule has 0 bridgehead atoms. The van der Waals surface area contributed by atoms with Gasteiger partial charge in [-0.25, -0.2) is 0 Å². The molecule has 0 aromatic carbocycles. The molecule has 0 saturated heterocycles. The van der Waals surface area contributed by atoms with Crippen molar-refractivity contribution in [3.63, 3.8) is 0 Å². The fraction of sp³-hybridized carbons (Fsp3) is 1.00. The maximum absolute atomic E-state index is 5.60. The van der Waals surface area contributed by atoms with E-state index in [1.807, 2.05) is 0 Å². The van der Waals surface area contributed by atoms with Crippen LogP contribution in [0.2, 0.25) is 0 Å². The van der Waals surface area contributed by atoms with Crippen LogP contribution in [0.15, 0.2) is 0 Å². The second-order valence-corrected chi connectivity index (χ2v) is 3.50. The van der Waals surface area contributed by atoms with Gasteiger partial charge < -0.3 is 11.5 Å². The van der Waals surface area contributed by atoms with Gasteiger partial charge in [-0.1, -0.05) is 27.2 Å². The summed E-state index contributed by atoms with van der Waals surface area (Å²) in [5.41, 5.74) is 11.2. The van der Waals surface area contributed by atoms with Crippen LogP contribution >= 0.6 is 0 Å². The van der Waals surface area contributed by atoms with Crippen molar-refractivity contribution in [2.75, 3.05) is 13.1 Å². The molecule has 0 amide bonds. The molecule has 0 fully saturated rings. The van der Waals surface area contributed by atoms with Gasteiger partial charge in [0.05, 0.1) is 0 Å². The molecule has 0 heterocycles. The Morgan fingerprint density at radius 3 is 1.55 bits per heavy atom. The van der Waals surface area contributed by atoms with Crippen LogP contribution in [0.1, 0.15) is 27.2 Å². The molecule has 0 saturated carbocycles. The molecule has 0 aromatic heterocycles. The normalized spacial score (nSPS) is 19.4. The van der Waals surface area contributed by atoms with Gasteiger partial charge in [0.1, 0.15) is 0 Å². The fourth-order valence-electron chi connectivity index (χ4n) is 1.72. The van der Waals surface area contributed by atoms with Gasteiger partial charge >= 0.3 is 0 Å². The Kier molecular flexibility index (Phi) is 5.51. The summed E-state index contributed by atoms with van der Waals surface area (Å²) >= 11 is 0. The first-order valence-electron chi connectivity index (χ1n) is 4.57. The molecule has 0 rings (SSSR count). The number of nitrogens with two attached hydrogens (primary N) is 2. The average molecular weight is 158 g/mol. The zero-order valence-corrected chi connectivity index (χ0v) is 8.01. The van der Waals surface area contributed by atoms with Gasteiger partial charge in [0.15, 0.2) is 0 Å². The van der Waals surface area contributed by atoms with Crippen molar-refractivity contribution in [1.29, 1.82) is 0 Å². The summed E-state index contributed by atoms with van der Waals surface area (Å²) in [7, 11) is 0. The molecule has 2 nitrogen and oxygen atoms in total. The van der Waals surface area contributed by atoms with E-state index in [2.05, 4.69) is 20.8 Å². The molecule has 0 aromatic rings. The molecule has 68 valence electrons. The number of hydrogen-bond acceptors (Lipinski definition) is 2. The van der Waals surface area contributed by atoms with Gasteiger partial charge in [-0.15, -0.1) is 0 Å². The van der Waals surface area contributed by atoms with Crippen molar-refractivity contribution in [1.82, 2.24) is 0 Å². The lowest BCUT2D eigenvalue weighted by atomic mass is 9.81. The van der Waals surface area contributed by atoms with Gasteiger partial charge in [0.25, 0.3) is 0 Å². The molecule has 0 spiro atoms. The molecule has 2 atom stereocenters. The van der Waals surface area contributed by atoms with E-state index in [4.69, 9.17) is 11.5 Å². The quantitative estimate of drug-likeness (QED) is 0.631. The molecule has 0 aliphatic heterocycles. The third-order valence-corrected chi connectivity index (χ3v) is 2.68. The van der Waals surface area contributed by atoms with Crippen LogP contribution in [0.25, 0.3) is 0 Å². The second-order valence-electron chi connectivity index (χ2n) is 3.50. The molecule has 0 aliphatic carbocycles. The van der Waals surface area contributed by atoms with E-state index in [0.717, 1.165) is 13.1 Å². The number of rotatable bonds is 5. The van der Waals surface area contributed by atoms with E-state index in [-0.39, 0.29) is 0 Å². The molecular weight excluding hydrogens is 136 g/mol. The second kappa shape index (κ2) is 5.56. The Labute approximate surface area is 70.3 Å². The maximum atomic E-state index is 5.60. The Hall–Kier alpha value is -0.0800. The first kappa shape index (κ1) is 10.9. The zero-order valence-electron chi connectivity index (χ0n) is 8.01. The topological polar surface area (TPSA) is 52.0 Å². The minimum atomic E-state index is 0.610. The predicted octanol–water partition coefficient (Wildman–Crippen LogP) is 1.20. The highest BCUT2D eigenvalue weighted by atomic mass is 14.6. The zero-order chi connectivity index (χ0) is 8.85. The molecule has 0 aliphatic rings. The van der Waals surface area contributed by atoms with Crippen LogP contribution < -0.4 is 11.5 Å². The Balaban J connectivity index is 3.92. The third kappa shape index (κ3) is 3.21. The molecule has 0 radical (unpaired) electrons. The minimum absolute atomic E-state index is 0.610. The van der Waals surface area contributed by atoms with E-state index in [1.54, 1.807) is 0 Å². The summed E-state index contributed by atoms with van der Waals surface area (Å²) < 4.78 is 0. The van der Waals surface area contributed by atoms with E-state index in [9.17, 15) is 0 Å². The third-order valence-electron chi connectivity index (χ3n) is 2.68. The largest absolute Gasteiger partial charge is 0.330 e. The fourth-order valence-corrected chi connectivity index (χ4v) is 1.72. The summed E-state index contributed by atoms with van der Waals surface area (Å²) in [6, 6.07) is 0. The van der Waals surface area contributed by atoms with Gasteiger partial charge in [-0.2, -0.15) is 0 Å². The van der Waals surface area contributed by atoms with Crippen LogP contribution in [-0.2, 0) is 0 Å². The SMILES string of the molecule is CCC(C(C)CN)C(C)CN. The van der Waals surface area contributed by atoms with Crippen molar-refractivity contribution < 1.29 is 0 Å².